The number of rotatable bonds is 9. The van der Waals surface area contributed by atoms with Gasteiger partial charge in [0.05, 0.1) is 26.9 Å². The number of benzene rings is 2. The van der Waals surface area contributed by atoms with E-state index in [1.165, 1.54) is 16.2 Å². The van der Waals surface area contributed by atoms with Gasteiger partial charge >= 0.3 is 5.69 Å². The average molecular weight is 914 g/mol. The van der Waals surface area contributed by atoms with Crippen LogP contribution in [0.5, 0.6) is 0 Å². The number of aryl methyl sites for hydroxylation is 2. The normalized spacial score (nSPS) is 21.6. The number of piperidine rings is 3. The van der Waals surface area contributed by atoms with Gasteiger partial charge in [-0.25, -0.2) is 22.6 Å². The van der Waals surface area contributed by atoms with Crippen LogP contribution in [0, 0.1) is 24.1 Å². The predicted molar refractivity (Wildman–Crippen MR) is 245 cm³/mol. The number of imide groups is 1. The van der Waals surface area contributed by atoms with Gasteiger partial charge in [0.15, 0.2) is 15.7 Å². The average Bonchev–Trinajstić information content (AvgIpc) is 3.88. The Balaban J connectivity index is 0.725. The largest absolute Gasteiger partial charge is 0.369 e. The summed E-state index contributed by atoms with van der Waals surface area (Å²) in [6.45, 7) is 6.08. The number of amides is 2. The van der Waals surface area contributed by atoms with Crippen LogP contribution >= 0.6 is 11.6 Å². The third kappa shape index (κ3) is 7.52. The third-order valence-corrected chi connectivity index (χ3v) is 17.6. The molecule has 17 heteroatoms. The summed E-state index contributed by atoms with van der Waals surface area (Å²) in [6.07, 6.45) is 11.1. The Labute approximate surface area is 375 Å². The molecule has 5 fully saturated rings. The fourth-order valence-corrected chi connectivity index (χ4v) is 13.8. The molecule has 2 saturated carbocycles. The number of likely N-dealkylation sites (tertiary alicyclic amines) is 1. The van der Waals surface area contributed by atoms with Gasteiger partial charge in [0, 0.05) is 62.5 Å². The lowest BCUT2D eigenvalue weighted by atomic mass is 9.63. The zero-order valence-electron chi connectivity index (χ0n) is 36.2. The van der Waals surface area contributed by atoms with Gasteiger partial charge in [-0.05, 0) is 131 Å². The quantitative estimate of drug-likeness (QED) is 0.149. The lowest BCUT2D eigenvalue weighted by Gasteiger charge is -2.52. The van der Waals surface area contributed by atoms with E-state index in [-0.39, 0.29) is 46.3 Å². The molecule has 64 heavy (non-hydrogen) atoms. The van der Waals surface area contributed by atoms with E-state index in [1.54, 1.807) is 42.6 Å². The van der Waals surface area contributed by atoms with E-state index < -0.39 is 38.5 Å². The van der Waals surface area contributed by atoms with Crippen molar-refractivity contribution >= 4 is 72.4 Å². The van der Waals surface area contributed by atoms with Crippen molar-refractivity contribution in [2.45, 2.75) is 106 Å². The highest BCUT2D eigenvalue weighted by atomic mass is 35.5. The minimum Gasteiger partial charge on any atom is -0.369 e. The van der Waals surface area contributed by atoms with Crippen LogP contribution in [-0.4, -0.2) is 81.8 Å². The van der Waals surface area contributed by atoms with Crippen molar-refractivity contribution in [2.24, 2.45) is 18.4 Å². The monoisotopic (exact) mass is 912 g/mol. The number of hydrogen-bond donors (Lipinski definition) is 2. The molecule has 338 valence electrons. The second-order valence-electron chi connectivity index (χ2n) is 19.1. The zero-order valence-corrected chi connectivity index (χ0v) is 37.8. The number of sulfone groups is 1. The fourth-order valence-electron chi connectivity index (χ4n) is 11.4. The second kappa shape index (κ2) is 16.4. The van der Waals surface area contributed by atoms with Crippen LogP contribution < -0.4 is 26.8 Å². The first-order chi connectivity index (χ1) is 30.7. The Kier molecular flexibility index (Phi) is 11.0. The maximum atomic E-state index is 16.2. The van der Waals surface area contributed by atoms with Crippen LogP contribution in [0.3, 0.4) is 0 Å². The summed E-state index contributed by atoms with van der Waals surface area (Å²) in [6, 6.07) is 11.4. The van der Waals surface area contributed by atoms with Gasteiger partial charge < -0.3 is 19.7 Å². The second-order valence-corrected chi connectivity index (χ2v) is 21.7. The predicted octanol–water partition coefficient (Wildman–Crippen LogP) is 6.92. The van der Waals surface area contributed by atoms with E-state index in [9.17, 15) is 27.6 Å². The Morgan fingerprint density at radius 3 is 2.34 bits per heavy atom. The van der Waals surface area contributed by atoms with E-state index in [0.29, 0.717) is 53.8 Å². The number of aromatic nitrogens is 4. The van der Waals surface area contributed by atoms with E-state index in [1.807, 2.05) is 22.5 Å². The van der Waals surface area contributed by atoms with E-state index in [0.717, 1.165) is 93.2 Å². The van der Waals surface area contributed by atoms with Crippen LogP contribution in [0.15, 0.2) is 63.1 Å². The Morgan fingerprint density at radius 1 is 0.906 bits per heavy atom. The first kappa shape index (κ1) is 42.9. The van der Waals surface area contributed by atoms with Gasteiger partial charge in [-0.2, -0.15) is 0 Å². The smallest absolute Gasteiger partial charge is 0.329 e. The summed E-state index contributed by atoms with van der Waals surface area (Å²) in [5, 5.41) is 6.24. The summed E-state index contributed by atoms with van der Waals surface area (Å²) in [4.78, 5) is 60.2. The Hall–Kier alpha value is -5.06. The van der Waals surface area contributed by atoms with Crippen LogP contribution in [0.2, 0.25) is 5.02 Å². The molecular weight excluding hydrogens is 859 g/mol. The number of carbonyl (C=O) groups excluding carboxylic acids is 2. The Bertz CT molecular complexity index is 2940. The number of fused-ring (bicyclic) bond motifs is 2. The van der Waals surface area contributed by atoms with E-state index in [2.05, 4.69) is 20.5 Å². The minimum atomic E-state index is -3.52. The molecule has 2 aliphatic carbocycles. The molecule has 0 bridgehead atoms. The number of pyridine rings is 2. The zero-order chi connectivity index (χ0) is 44.7. The highest BCUT2D eigenvalue weighted by molar-refractivity contribution is 7.92. The summed E-state index contributed by atoms with van der Waals surface area (Å²) in [5.41, 5.74) is 2.62. The molecule has 2 N–H and O–H groups in total. The molecule has 3 aliphatic heterocycles. The Morgan fingerprint density at radius 2 is 1.64 bits per heavy atom. The van der Waals surface area contributed by atoms with E-state index >= 15 is 4.39 Å². The number of nitrogens with zero attached hydrogens (tertiary/aromatic N) is 6. The molecule has 0 radical (unpaired) electrons. The molecule has 2 amide bonds. The molecule has 5 aromatic rings. The molecule has 1 atom stereocenters. The van der Waals surface area contributed by atoms with Crippen molar-refractivity contribution in [1.29, 1.82) is 0 Å². The van der Waals surface area contributed by atoms with Gasteiger partial charge in [0.2, 0.25) is 11.8 Å². The van der Waals surface area contributed by atoms with Gasteiger partial charge in [0.25, 0.3) is 5.56 Å². The molecule has 5 aliphatic rings. The molecule has 1 unspecified atom stereocenters. The highest BCUT2D eigenvalue weighted by Crippen LogP contribution is 2.53. The first-order valence-corrected chi connectivity index (χ1v) is 24.6. The van der Waals surface area contributed by atoms with Crippen molar-refractivity contribution in [3.63, 3.8) is 0 Å². The fraction of sp³-hybridized carbons (Fsp3) is 0.511. The number of nitrogens with one attached hydrogen (secondary N) is 2. The van der Waals surface area contributed by atoms with Crippen molar-refractivity contribution < 1.29 is 22.4 Å². The lowest BCUT2D eigenvalue weighted by molar-refractivity contribution is -0.135. The standard InChI is InChI=1S/C47H54ClFN8O6S/c1-28-21-32(7-8-35(28)51-40-23-39-30(26-50-40)22-34(48)45(60)56(39)31-5-3-4-6-31)64(62,63)33-24-47(25-33)15-19-54(20-16-47)27-29-13-17-55(18-14-29)36-9-10-37-43(42(36)49)53(2)46(61)57(37)38-11-12-41(58)52-44(38)59/h7-10,21-23,26,29,31,33,38H,3-6,11-20,24-25,27H2,1-2H3,(H,50,51)(H,52,58,59). The highest BCUT2D eigenvalue weighted by Gasteiger charge is 2.51. The number of anilines is 3. The molecule has 1 spiro atoms. The number of hydrogen-bond acceptors (Lipinski definition) is 10. The first-order valence-electron chi connectivity index (χ1n) is 22.7. The SMILES string of the molecule is Cc1cc(S(=O)(=O)C2CC3(CCN(CC4CCN(c5ccc6c(c5F)n(C)c(=O)n6C5CCC(=O)NC5=O)CC4)CC3)C2)ccc1Nc1cc2c(cn1)cc(Cl)c(=O)n2C1CCCC1. The minimum absolute atomic E-state index is 0.0485. The molecule has 6 heterocycles. The van der Waals surface area contributed by atoms with Crippen LogP contribution in [-0.2, 0) is 26.5 Å². The molecule has 3 aromatic heterocycles. The molecule has 2 aromatic carbocycles. The number of halogens is 2. The molecule has 14 nitrogen and oxygen atoms in total. The molecule has 3 saturated heterocycles. The topological polar surface area (TPSA) is 161 Å². The van der Waals surface area contributed by atoms with Crippen LogP contribution in [0.1, 0.15) is 94.7 Å². The van der Waals surface area contributed by atoms with Gasteiger partial charge in [-0.1, -0.05) is 24.4 Å². The van der Waals surface area contributed by atoms with Crippen LogP contribution in [0.25, 0.3) is 21.9 Å². The third-order valence-electron chi connectivity index (χ3n) is 15.2. The number of imidazole rings is 1. The maximum Gasteiger partial charge on any atom is 0.329 e. The van der Waals surface area contributed by atoms with Gasteiger partial charge in [-0.3, -0.25) is 28.8 Å². The van der Waals surface area contributed by atoms with Crippen molar-refractivity contribution in [3.05, 3.63) is 85.9 Å². The summed E-state index contributed by atoms with van der Waals surface area (Å²) < 4.78 is 48.4. The van der Waals surface area contributed by atoms with Crippen LogP contribution in [0.4, 0.5) is 21.6 Å². The van der Waals surface area contributed by atoms with E-state index in [4.69, 9.17) is 11.6 Å². The molecule has 10 rings (SSSR count). The van der Waals surface area contributed by atoms with Gasteiger partial charge in [0.1, 0.15) is 22.4 Å². The van der Waals surface area contributed by atoms with Crippen molar-refractivity contribution in [1.82, 2.24) is 28.9 Å². The van der Waals surface area contributed by atoms with Gasteiger partial charge in [-0.15, -0.1) is 0 Å². The lowest BCUT2D eigenvalue weighted by Crippen LogP contribution is -2.52. The summed E-state index contributed by atoms with van der Waals surface area (Å²) in [5.74, 6) is -0.384. The summed E-state index contributed by atoms with van der Waals surface area (Å²) in [7, 11) is -2.01. The maximum absolute atomic E-state index is 16.2. The van der Waals surface area contributed by atoms with Crippen molar-refractivity contribution in [3.8, 4) is 0 Å². The molecular formula is C47H54ClFN8O6S. The van der Waals surface area contributed by atoms with Crippen molar-refractivity contribution in [2.75, 3.05) is 42.9 Å². The number of carbonyl (C=O) groups is 2. The summed E-state index contributed by atoms with van der Waals surface area (Å²) >= 11 is 6.33.